The monoisotopic (exact) mass is 1460 g/mol. The maximum absolute atomic E-state index is 9.26. The molecule has 4 aromatic carbocycles. The van der Waals surface area contributed by atoms with Gasteiger partial charge in [0.05, 0.1) is 56.5 Å². The number of hydrogen-bond donors (Lipinski definition) is 10. The second-order valence-corrected chi connectivity index (χ2v) is 15.5. The Kier molecular flexibility index (Phi) is 35.9. The summed E-state index contributed by atoms with van der Waals surface area (Å²) in [7, 11) is 3.90. The van der Waals surface area contributed by atoms with Crippen LogP contribution < -0.4 is 14.2 Å². The number of imidazole rings is 4. The molecule has 0 aliphatic carbocycles. The summed E-state index contributed by atoms with van der Waals surface area (Å²) < 4.78 is 20.3. The molecule has 21 nitrogen and oxygen atoms in total. The third kappa shape index (κ3) is 32.7. The zero-order chi connectivity index (χ0) is 53.1. The Morgan fingerprint density at radius 3 is 1.11 bits per heavy atom. The van der Waals surface area contributed by atoms with Gasteiger partial charge >= 0.3 is 11.9 Å². The summed E-state index contributed by atoms with van der Waals surface area (Å²) in [5.74, 6) is -0.690. The van der Waals surface area contributed by atoms with Gasteiger partial charge in [-0.25, -0.2) is 29.5 Å². The molecule has 75 heavy (non-hydrogen) atoms. The molecule has 4 heterocycles. The van der Waals surface area contributed by atoms with Gasteiger partial charge < -0.3 is 74.2 Å². The molecule has 8 aromatic rings. The molecular formula is C52H64Ac2N8O13. The number of carbonyl (C=O) groups is 2. The number of carboxylic acid groups (broad SMARTS) is 2. The van der Waals surface area contributed by atoms with Gasteiger partial charge in [0.1, 0.15) is 46.0 Å². The number of ether oxygens (including phenoxy) is 3. The van der Waals surface area contributed by atoms with Gasteiger partial charge in [-0.3, -0.25) is 0 Å². The van der Waals surface area contributed by atoms with Crippen molar-refractivity contribution in [2.24, 2.45) is 14.1 Å². The van der Waals surface area contributed by atoms with Gasteiger partial charge in [0.25, 0.3) is 0 Å². The van der Waals surface area contributed by atoms with Crippen molar-refractivity contribution in [2.45, 2.75) is 51.4 Å². The number of H-pyrrole nitrogens is 2. The van der Waals surface area contributed by atoms with Crippen molar-refractivity contribution >= 4 is 11.9 Å². The second kappa shape index (κ2) is 40.2. The van der Waals surface area contributed by atoms with E-state index in [0.29, 0.717) is 37.1 Å². The number of carboxylic acids is 2. The minimum atomic E-state index is -1.82. The number of hydrogen-bond acceptors (Lipinski definition) is 15. The van der Waals surface area contributed by atoms with Crippen LogP contribution in [0.15, 0.2) is 147 Å². The molecule has 0 aliphatic rings. The Labute approximate surface area is 506 Å². The number of aliphatic hydroxyl groups is 1. The predicted molar refractivity (Wildman–Crippen MR) is 270 cm³/mol. The Morgan fingerprint density at radius 1 is 0.507 bits per heavy atom. The maximum Gasteiger partial charge on any atom is 0.414 e. The first kappa shape index (κ1) is 66.9. The SMILES string of the molecule is Cn1cnc(CCCO)c1.Cn1cnc(CCCOc2cccc(O)c2)c1.O=C(O)C(=O)O.Oc1cccc(O)c1.Oc1cccc(OCCCc2cnc[nH]2)c1.Oc1cccc(OCCCc2cnc[nH]2)c1.[Ac].[Ac]. The number of nitrogens with zero attached hydrogens (tertiary/aromatic N) is 6. The number of aliphatic hydroxyl groups excluding tert-OH is 1. The first-order valence-electron chi connectivity index (χ1n) is 22.9. The Morgan fingerprint density at radius 2 is 0.840 bits per heavy atom. The zero-order valence-corrected chi connectivity index (χ0v) is 51.3. The Hall–Kier alpha value is -6.10. The van der Waals surface area contributed by atoms with Crippen molar-refractivity contribution in [1.29, 1.82) is 0 Å². The van der Waals surface area contributed by atoms with E-state index in [1.165, 1.54) is 18.2 Å². The van der Waals surface area contributed by atoms with Crippen LogP contribution in [0.2, 0.25) is 0 Å². The number of aryl methyl sites for hydroxylation is 6. The molecule has 10 N–H and O–H groups in total. The van der Waals surface area contributed by atoms with Crippen LogP contribution in [0.25, 0.3) is 0 Å². The second-order valence-electron chi connectivity index (χ2n) is 15.5. The number of phenolic OH excluding ortho intramolecular Hbond substituents is 5. The predicted octanol–water partition coefficient (Wildman–Crippen LogP) is 6.99. The van der Waals surface area contributed by atoms with Crippen molar-refractivity contribution < 1.29 is 153 Å². The summed E-state index contributed by atoms with van der Waals surface area (Å²) in [6.07, 6.45) is 21.7. The van der Waals surface area contributed by atoms with E-state index in [-0.39, 0.29) is 123 Å². The molecule has 8 rings (SSSR count). The molecular weight excluding hydrogens is 1400 g/mol. The standard InChI is InChI=1S/C13H16N2O2.2C12H14N2O2.C7H12N2O.C6H6O2.C2H2O4.2Ac/c1-15-9-11(14-10-15)4-3-7-17-13-6-2-5-12(16)8-13;2*15-11-4-1-5-12(7-11)16-6-2-3-10-8-13-9-14-10;1-9-5-7(8-6-9)3-2-4-10;7-5-2-1-3-6(8)4-5;3-1(4)2(5)6;;/h2,5-6,8-10,16H,3-4,7H2,1H3;2*1,4-5,7-9,15H,2-3,6H2,(H,13,14);5-6,10H,2-4H2,1H3;1-4,7-8H;(H,3,4)(H,5,6);;. The summed E-state index contributed by atoms with van der Waals surface area (Å²) >= 11 is 0. The van der Waals surface area contributed by atoms with E-state index in [2.05, 4.69) is 29.9 Å². The van der Waals surface area contributed by atoms with Crippen LogP contribution in [-0.2, 0) is 49.4 Å². The van der Waals surface area contributed by atoms with E-state index in [1.807, 2.05) is 66.2 Å². The van der Waals surface area contributed by atoms with Crippen LogP contribution in [0.5, 0.6) is 46.0 Å². The molecule has 0 spiro atoms. The first-order chi connectivity index (χ1) is 35.2. The number of aliphatic carboxylic acids is 2. The van der Waals surface area contributed by atoms with Gasteiger partial charge in [0.15, 0.2) is 0 Å². The molecule has 23 heteroatoms. The number of aromatic nitrogens is 8. The van der Waals surface area contributed by atoms with Gasteiger partial charge in [0.2, 0.25) is 0 Å². The van der Waals surface area contributed by atoms with Crippen molar-refractivity contribution in [3.8, 4) is 46.0 Å². The normalized spacial score (nSPS) is 9.64. The topological polar surface area (TPSA) is 317 Å². The van der Waals surface area contributed by atoms with Crippen LogP contribution >= 0.6 is 0 Å². The summed E-state index contributed by atoms with van der Waals surface area (Å²) in [4.78, 5) is 40.5. The molecule has 0 aliphatic heterocycles. The fourth-order valence-electron chi connectivity index (χ4n) is 5.86. The fraction of sp³-hybridized carbons (Fsp3) is 0.269. The van der Waals surface area contributed by atoms with Gasteiger partial charge in [-0.1, -0.05) is 24.3 Å². The molecule has 396 valence electrons. The number of nitrogens with one attached hydrogen (secondary N) is 2. The van der Waals surface area contributed by atoms with Crippen LogP contribution in [0.4, 0.5) is 0 Å². The summed E-state index contributed by atoms with van der Waals surface area (Å²) in [6, 6.07) is 26.3. The molecule has 0 saturated heterocycles. The molecule has 0 bridgehead atoms. The van der Waals surface area contributed by atoms with Gasteiger partial charge in [-0.05, 0) is 99.9 Å². The smallest absolute Gasteiger partial charge is 0.414 e. The van der Waals surface area contributed by atoms with Crippen LogP contribution in [0.1, 0.15) is 48.5 Å². The van der Waals surface area contributed by atoms with Crippen molar-refractivity contribution in [3.63, 3.8) is 0 Å². The third-order valence-corrected chi connectivity index (χ3v) is 9.25. The average molecular weight is 1460 g/mol. The van der Waals surface area contributed by atoms with Gasteiger partial charge in [0, 0.05) is 169 Å². The fourth-order valence-corrected chi connectivity index (χ4v) is 5.86. The number of rotatable bonds is 18. The maximum atomic E-state index is 9.26. The summed E-state index contributed by atoms with van der Waals surface area (Å²) in [5, 5.41) is 68.3. The molecule has 0 fully saturated rings. The van der Waals surface area contributed by atoms with E-state index >= 15 is 0 Å². The summed E-state index contributed by atoms with van der Waals surface area (Å²) in [5.41, 5.74) is 4.35. The van der Waals surface area contributed by atoms with E-state index in [0.717, 1.165) is 74.1 Å². The number of aromatic hydroxyl groups is 5. The minimum Gasteiger partial charge on any atom is -0.508 e. The molecule has 0 unspecified atom stereocenters. The van der Waals surface area contributed by atoms with Crippen LogP contribution in [-0.4, -0.2) is 118 Å². The molecule has 0 atom stereocenters. The zero-order valence-electron chi connectivity index (χ0n) is 41.8. The van der Waals surface area contributed by atoms with Crippen molar-refractivity contribution in [3.05, 3.63) is 170 Å². The largest absolute Gasteiger partial charge is 0.508 e. The van der Waals surface area contributed by atoms with E-state index in [1.54, 1.807) is 86.0 Å². The van der Waals surface area contributed by atoms with Gasteiger partial charge in [-0.15, -0.1) is 0 Å². The first-order valence-corrected chi connectivity index (χ1v) is 22.9. The van der Waals surface area contributed by atoms with E-state index in [9.17, 15) is 15.3 Å². The van der Waals surface area contributed by atoms with Crippen molar-refractivity contribution in [1.82, 2.24) is 39.0 Å². The molecule has 0 amide bonds. The quantitative estimate of drug-likeness (QED) is 0.0306. The Balaban J connectivity index is 0.000000462. The number of aromatic amines is 2. The third-order valence-electron chi connectivity index (χ3n) is 9.25. The van der Waals surface area contributed by atoms with E-state index in [4.69, 9.17) is 49.3 Å². The van der Waals surface area contributed by atoms with Crippen molar-refractivity contribution in [2.75, 3.05) is 26.4 Å². The van der Waals surface area contributed by atoms with Crippen LogP contribution in [0.3, 0.4) is 0 Å². The number of phenols is 5. The van der Waals surface area contributed by atoms with Crippen LogP contribution in [0, 0.1) is 88.1 Å². The summed E-state index contributed by atoms with van der Waals surface area (Å²) in [6.45, 7) is 2.13. The average Bonchev–Trinajstić information content (AvgIpc) is 4.22. The molecule has 0 saturated carbocycles. The molecule has 4 aromatic heterocycles. The van der Waals surface area contributed by atoms with E-state index < -0.39 is 11.9 Å². The number of benzene rings is 4. The molecule has 2 radical (unpaired) electrons. The Bertz CT molecular complexity index is 2610. The van der Waals surface area contributed by atoms with Gasteiger partial charge in [-0.2, -0.15) is 0 Å². The minimum absolute atomic E-state index is 0.